The molecule has 8 heteroatoms. The zero-order chi connectivity index (χ0) is 14.6. The number of thiophene rings is 1. The van der Waals surface area contributed by atoms with Crippen LogP contribution in [0.4, 0.5) is 0 Å². The zero-order valence-corrected chi connectivity index (χ0v) is 13.0. The molecule has 1 amide bonds. The second kappa shape index (κ2) is 6.66. The van der Waals surface area contributed by atoms with Gasteiger partial charge in [-0.3, -0.25) is 4.79 Å². The summed E-state index contributed by atoms with van der Waals surface area (Å²) in [7, 11) is -1.51. The van der Waals surface area contributed by atoms with Crippen LogP contribution in [0.3, 0.4) is 0 Å². The molecule has 0 aromatic carbocycles. The summed E-state index contributed by atoms with van der Waals surface area (Å²) in [6.07, 6.45) is 1.07. The highest BCUT2D eigenvalue weighted by Crippen LogP contribution is 2.15. The van der Waals surface area contributed by atoms with Crippen molar-refractivity contribution in [2.75, 3.05) is 33.2 Å². The first-order valence-electron chi connectivity index (χ1n) is 6.46. The molecule has 1 atom stereocenters. The van der Waals surface area contributed by atoms with E-state index < -0.39 is 10.0 Å². The van der Waals surface area contributed by atoms with Gasteiger partial charge in [-0.15, -0.1) is 11.3 Å². The molecule has 2 heterocycles. The van der Waals surface area contributed by atoms with Crippen LogP contribution in [0.2, 0.25) is 0 Å². The van der Waals surface area contributed by atoms with Crippen LogP contribution in [0.5, 0.6) is 0 Å². The molecule has 1 aliphatic rings. The van der Waals surface area contributed by atoms with E-state index in [0.29, 0.717) is 12.5 Å². The summed E-state index contributed by atoms with van der Waals surface area (Å²) in [5, 5.41) is 4.46. The molecule has 0 spiro atoms. The van der Waals surface area contributed by atoms with Gasteiger partial charge in [-0.25, -0.2) is 13.1 Å². The van der Waals surface area contributed by atoms with Crippen LogP contribution in [0, 0.1) is 5.92 Å². The first kappa shape index (κ1) is 15.4. The van der Waals surface area contributed by atoms with E-state index in [2.05, 4.69) is 22.0 Å². The molecule has 1 unspecified atom stereocenters. The Balaban J connectivity index is 1.73. The van der Waals surface area contributed by atoms with Crippen molar-refractivity contribution in [3.05, 3.63) is 17.5 Å². The summed E-state index contributed by atoms with van der Waals surface area (Å²) >= 11 is 1.13. The first-order chi connectivity index (χ1) is 9.47. The molecule has 0 aliphatic carbocycles. The zero-order valence-electron chi connectivity index (χ0n) is 11.3. The quantitative estimate of drug-likeness (QED) is 0.780. The first-order valence-corrected chi connectivity index (χ1v) is 8.82. The number of nitrogens with zero attached hydrogens (tertiary/aromatic N) is 1. The Morgan fingerprint density at radius 1 is 1.55 bits per heavy atom. The number of hydrogen-bond acceptors (Lipinski definition) is 5. The highest BCUT2D eigenvalue weighted by molar-refractivity contribution is 7.91. The largest absolute Gasteiger partial charge is 0.355 e. The Morgan fingerprint density at radius 2 is 2.35 bits per heavy atom. The minimum Gasteiger partial charge on any atom is -0.355 e. The third-order valence-electron chi connectivity index (χ3n) is 3.26. The second-order valence-electron chi connectivity index (χ2n) is 4.98. The SMILES string of the molecule is CN1CCC(CNC(=O)CNS(=O)(=O)c2cccs2)C1. The van der Waals surface area contributed by atoms with Gasteiger partial charge in [0.25, 0.3) is 10.0 Å². The van der Waals surface area contributed by atoms with Crippen LogP contribution in [0.1, 0.15) is 6.42 Å². The minimum absolute atomic E-state index is 0.219. The Labute approximate surface area is 123 Å². The molecule has 0 bridgehead atoms. The van der Waals surface area contributed by atoms with Crippen LogP contribution in [-0.4, -0.2) is 52.5 Å². The third-order valence-corrected chi connectivity index (χ3v) is 6.06. The Morgan fingerprint density at radius 3 is 2.95 bits per heavy atom. The standard InChI is InChI=1S/C12H19N3O3S2/c1-15-5-4-10(9-15)7-13-11(16)8-14-20(17,18)12-3-2-6-19-12/h2-3,6,10,14H,4-5,7-9H2,1H3,(H,13,16). The number of sulfonamides is 1. The maximum Gasteiger partial charge on any atom is 0.250 e. The molecule has 112 valence electrons. The fourth-order valence-corrected chi connectivity index (χ4v) is 4.18. The van der Waals surface area contributed by atoms with E-state index in [-0.39, 0.29) is 16.7 Å². The van der Waals surface area contributed by atoms with Crippen LogP contribution in [0.25, 0.3) is 0 Å². The van der Waals surface area contributed by atoms with E-state index >= 15 is 0 Å². The van der Waals surface area contributed by atoms with Gasteiger partial charge in [-0.2, -0.15) is 0 Å². The number of amides is 1. The summed E-state index contributed by atoms with van der Waals surface area (Å²) in [4.78, 5) is 13.9. The summed E-state index contributed by atoms with van der Waals surface area (Å²) in [5.74, 6) is 0.164. The van der Waals surface area contributed by atoms with Crippen LogP contribution >= 0.6 is 11.3 Å². The molecule has 2 rings (SSSR count). The molecule has 1 fully saturated rings. The Bertz CT molecular complexity index is 542. The van der Waals surface area contributed by atoms with Gasteiger partial charge in [0.05, 0.1) is 6.54 Å². The van der Waals surface area contributed by atoms with Gasteiger partial charge in [-0.1, -0.05) is 6.07 Å². The van der Waals surface area contributed by atoms with Gasteiger partial charge in [0, 0.05) is 13.1 Å². The van der Waals surface area contributed by atoms with Gasteiger partial charge in [0.1, 0.15) is 4.21 Å². The number of nitrogens with one attached hydrogen (secondary N) is 2. The molecule has 1 saturated heterocycles. The van der Waals surface area contributed by atoms with Crippen LogP contribution in [0.15, 0.2) is 21.7 Å². The predicted octanol–water partition coefficient (Wildman–Crippen LogP) is 0.0943. The van der Waals surface area contributed by atoms with E-state index in [0.717, 1.165) is 30.8 Å². The molecule has 1 aromatic rings. The molecular weight excluding hydrogens is 298 g/mol. The van der Waals surface area contributed by atoms with E-state index in [1.54, 1.807) is 11.4 Å². The van der Waals surface area contributed by atoms with Crippen molar-refractivity contribution in [2.45, 2.75) is 10.6 Å². The average molecular weight is 317 g/mol. The second-order valence-corrected chi connectivity index (χ2v) is 7.92. The van der Waals surface area contributed by atoms with E-state index in [1.807, 2.05) is 0 Å². The Kier molecular flexibility index (Phi) is 5.14. The lowest BCUT2D eigenvalue weighted by atomic mass is 10.1. The van der Waals surface area contributed by atoms with Crippen molar-refractivity contribution in [3.63, 3.8) is 0 Å². The van der Waals surface area contributed by atoms with E-state index in [1.165, 1.54) is 6.07 Å². The van der Waals surface area contributed by atoms with Gasteiger partial charge in [0.15, 0.2) is 0 Å². The number of hydrogen-bond donors (Lipinski definition) is 2. The topological polar surface area (TPSA) is 78.5 Å². The van der Waals surface area contributed by atoms with Crippen molar-refractivity contribution < 1.29 is 13.2 Å². The van der Waals surface area contributed by atoms with Crippen molar-refractivity contribution in [1.82, 2.24) is 14.9 Å². The van der Waals surface area contributed by atoms with Gasteiger partial charge >= 0.3 is 0 Å². The van der Waals surface area contributed by atoms with Crippen LogP contribution < -0.4 is 10.0 Å². The van der Waals surface area contributed by atoms with E-state index in [9.17, 15) is 13.2 Å². The highest BCUT2D eigenvalue weighted by Gasteiger charge is 2.20. The van der Waals surface area contributed by atoms with Crippen molar-refractivity contribution in [3.8, 4) is 0 Å². The molecule has 6 nitrogen and oxygen atoms in total. The number of carbonyl (C=O) groups is 1. The molecule has 2 N–H and O–H groups in total. The molecule has 0 saturated carbocycles. The molecule has 20 heavy (non-hydrogen) atoms. The highest BCUT2D eigenvalue weighted by atomic mass is 32.2. The third kappa shape index (κ3) is 4.27. The van der Waals surface area contributed by atoms with Crippen molar-refractivity contribution in [2.24, 2.45) is 5.92 Å². The van der Waals surface area contributed by atoms with Crippen molar-refractivity contribution in [1.29, 1.82) is 0 Å². The number of carbonyl (C=O) groups excluding carboxylic acids is 1. The predicted molar refractivity (Wildman–Crippen MR) is 78.1 cm³/mol. The smallest absolute Gasteiger partial charge is 0.250 e. The summed E-state index contributed by atoms with van der Waals surface area (Å²) in [5.41, 5.74) is 0. The van der Waals surface area contributed by atoms with Crippen molar-refractivity contribution >= 4 is 27.3 Å². The average Bonchev–Trinajstić information content (AvgIpc) is 3.05. The number of likely N-dealkylation sites (tertiary alicyclic amines) is 1. The van der Waals surface area contributed by atoms with Crippen LogP contribution in [-0.2, 0) is 14.8 Å². The molecule has 0 radical (unpaired) electrons. The number of rotatable bonds is 6. The maximum atomic E-state index is 11.8. The van der Waals surface area contributed by atoms with Gasteiger partial charge < -0.3 is 10.2 Å². The summed E-state index contributed by atoms with van der Waals surface area (Å²) in [6, 6.07) is 3.18. The lowest BCUT2D eigenvalue weighted by Gasteiger charge is -2.12. The summed E-state index contributed by atoms with van der Waals surface area (Å²) in [6.45, 7) is 2.40. The Hall–Kier alpha value is -0.960. The monoisotopic (exact) mass is 317 g/mol. The van der Waals surface area contributed by atoms with E-state index in [4.69, 9.17) is 0 Å². The fourth-order valence-electron chi connectivity index (χ4n) is 2.16. The van der Waals surface area contributed by atoms with Gasteiger partial charge in [0.2, 0.25) is 5.91 Å². The molecule has 1 aromatic heterocycles. The minimum atomic E-state index is -3.56. The normalized spacial score (nSPS) is 20.1. The molecule has 1 aliphatic heterocycles. The molecular formula is C12H19N3O3S2. The maximum absolute atomic E-state index is 11.8. The fraction of sp³-hybridized carbons (Fsp3) is 0.583. The van der Waals surface area contributed by atoms with Gasteiger partial charge in [-0.05, 0) is 37.4 Å². The summed E-state index contributed by atoms with van der Waals surface area (Å²) < 4.78 is 26.2. The lowest BCUT2D eigenvalue weighted by molar-refractivity contribution is -0.120. The lowest BCUT2D eigenvalue weighted by Crippen LogP contribution is -2.39.